The van der Waals surface area contributed by atoms with Crippen molar-refractivity contribution < 1.29 is 0 Å². The second-order valence-corrected chi connectivity index (χ2v) is 8.97. The molecule has 1 aromatic heterocycles. The highest BCUT2D eigenvalue weighted by molar-refractivity contribution is 7.26. The Labute approximate surface area is 185 Å². The predicted octanol–water partition coefficient (Wildman–Crippen LogP) is 8.99. The van der Waals surface area contributed by atoms with E-state index in [-0.39, 0.29) is 0 Å². The van der Waals surface area contributed by atoms with Gasteiger partial charge in [-0.05, 0) is 43.3 Å². The number of nitrogens with zero attached hydrogens (tertiary/aromatic N) is 1. The Morgan fingerprint density at radius 1 is 0.548 bits per heavy atom. The van der Waals surface area contributed by atoms with Gasteiger partial charge in [0.1, 0.15) is 0 Å². The topological polar surface area (TPSA) is 3.24 Å². The Hall–Kier alpha value is -3.62. The van der Waals surface area contributed by atoms with Crippen LogP contribution >= 0.6 is 11.3 Å². The summed E-state index contributed by atoms with van der Waals surface area (Å²) < 4.78 is 2.69. The zero-order valence-electron chi connectivity index (χ0n) is 17.2. The van der Waals surface area contributed by atoms with Crippen LogP contribution < -0.4 is 4.90 Å². The molecule has 0 atom stereocenters. The summed E-state index contributed by atoms with van der Waals surface area (Å²) >= 11 is 1.89. The molecule has 5 aromatic carbocycles. The van der Waals surface area contributed by atoms with Gasteiger partial charge in [-0.25, -0.2) is 0 Å². The van der Waals surface area contributed by atoms with Crippen LogP contribution in [0.25, 0.3) is 30.9 Å². The molecule has 148 valence electrons. The van der Waals surface area contributed by atoms with E-state index in [0.29, 0.717) is 0 Å². The monoisotopic (exact) mass is 415 g/mol. The van der Waals surface area contributed by atoms with Crippen LogP contribution in [0.3, 0.4) is 0 Å². The molecule has 1 heterocycles. The minimum Gasteiger partial charge on any atom is -0.310 e. The Bertz CT molecular complexity index is 1530. The largest absolute Gasteiger partial charge is 0.310 e. The fourth-order valence-corrected chi connectivity index (χ4v) is 5.63. The molecule has 0 aliphatic heterocycles. The summed E-state index contributed by atoms with van der Waals surface area (Å²) in [5, 5.41) is 5.23. The molecule has 0 spiro atoms. The molecule has 0 aliphatic rings. The summed E-state index contributed by atoms with van der Waals surface area (Å²) in [6.45, 7) is 2.13. The predicted molar refractivity (Wildman–Crippen MR) is 136 cm³/mol. The summed E-state index contributed by atoms with van der Waals surface area (Å²) in [7, 11) is 0. The normalized spacial score (nSPS) is 11.4. The summed E-state index contributed by atoms with van der Waals surface area (Å²) in [4.78, 5) is 2.38. The van der Waals surface area contributed by atoms with Gasteiger partial charge in [0.05, 0.1) is 5.69 Å². The number of hydrogen-bond acceptors (Lipinski definition) is 2. The number of benzene rings is 5. The van der Waals surface area contributed by atoms with E-state index in [1.54, 1.807) is 0 Å². The lowest BCUT2D eigenvalue weighted by molar-refractivity contribution is 1.29. The highest BCUT2D eigenvalue weighted by atomic mass is 32.1. The van der Waals surface area contributed by atoms with Crippen LogP contribution in [0, 0.1) is 6.92 Å². The minimum atomic E-state index is 1.16. The summed E-state index contributed by atoms with van der Waals surface area (Å²) in [5.74, 6) is 0. The first-order chi connectivity index (χ1) is 15.3. The van der Waals surface area contributed by atoms with Gasteiger partial charge >= 0.3 is 0 Å². The Balaban J connectivity index is 1.74. The standard InChI is InChI=1S/C29H21NS/c1-20-15-17-22(18-16-20)30(21-9-3-2-4-10-21)27-19-26-24-12-7-8-14-28(24)31-29(26)25-13-6-5-11-23(25)27/h2-19H,1H3. The third-order valence-electron chi connectivity index (χ3n) is 5.91. The Morgan fingerprint density at radius 2 is 1.16 bits per heavy atom. The van der Waals surface area contributed by atoms with E-state index in [0.717, 1.165) is 5.69 Å². The first-order valence-corrected chi connectivity index (χ1v) is 11.4. The number of anilines is 3. The molecule has 6 rings (SSSR count). The molecule has 0 saturated carbocycles. The van der Waals surface area contributed by atoms with Crippen LogP contribution in [0.4, 0.5) is 17.1 Å². The van der Waals surface area contributed by atoms with E-state index in [4.69, 9.17) is 0 Å². The quantitative estimate of drug-likeness (QED) is 0.279. The molecule has 0 aliphatic carbocycles. The third-order valence-corrected chi connectivity index (χ3v) is 7.13. The maximum atomic E-state index is 2.38. The van der Waals surface area contributed by atoms with Gasteiger partial charge in [-0.2, -0.15) is 0 Å². The van der Waals surface area contributed by atoms with Gasteiger partial charge in [0.2, 0.25) is 0 Å². The number of para-hydroxylation sites is 1. The van der Waals surface area contributed by atoms with Gasteiger partial charge in [0.25, 0.3) is 0 Å². The maximum Gasteiger partial charge on any atom is 0.0547 e. The van der Waals surface area contributed by atoms with Crippen LogP contribution in [0.2, 0.25) is 0 Å². The van der Waals surface area contributed by atoms with E-state index < -0.39 is 0 Å². The van der Waals surface area contributed by atoms with E-state index in [1.165, 1.54) is 47.9 Å². The average molecular weight is 416 g/mol. The fourth-order valence-electron chi connectivity index (χ4n) is 4.41. The molecule has 0 saturated heterocycles. The molecule has 6 aromatic rings. The van der Waals surface area contributed by atoms with E-state index >= 15 is 0 Å². The molecule has 0 unspecified atom stereocenters. The van der Waals surface area contributed by atoms with E-state index in [9.17, 15) is 0 Å². The van der Waals surface area contributed by atoms with E-state index in [1.807, 2.05) is 11.3 Å². The lowest BCUT2D eigenvalue weighted by atomic mass is 10.0. The zero-order chi connectivity index (χ0) is 20.8. The molecule has 0 amide bonds. The molecular formula is C29H21NS. The molecule has 31 heavy (non-hydrogen) atoms. The molecule has 0 N–H and O–H groups in total. The number of thiophene rings is 1. The van der Waals surface area contributed by atoms with Crippen molar-refractivity contribution in [2.24, 2.45) is 0 Å². The van der Waals surface area contributed by atoms with Crippen molar-refractivity contribution in [1.29, 1.82) is 0 Å². The molecular weight excluding hydrogens is 394 g/mol. The molecule has 0 radical (unpaired) electrons. The highest BCUT2D eigenvalue weighted by Gasteiger charge is 2.18. The van der Waals surface area contributed by atoms with Crippen LogP contribution in [0.5, 0.6) is 0 Å². The fraction of sp³-hybridized carbons (Fsp3) is 0.0345. The lowest BCUT2D eigenvalue weighted by Gasteiger charge is -2.27. The van der Waals surface area contributed by atoms with Gasteiger partial charge < -0.3 is 4.90 Å². The highest BCUT2D eigenvalue weighted by Crippen LogP contribution is 2.45. The van der Waals surface area contributed by atoms with Gasteiger partial charge in [-0.3, -0.25) is 0 Å². The molecule has 1 nitrogen and oxygen atoms in total. The van der Waals surface area contributed by atoms with Crippen molar-refractivity contribution in [3.8, 4) is 0 Å². The summed E-state index contributed by atoms with van der Waals surface area (Å²) in [5.41, 5.74) is 4.80. The van der Waals surface area contributed by atoms with Crippen molar-refractivity contribution in [2.45, 2.75) is 6.92 Å². The first kappa shape index (κ1) is 18.2. The molecule has 2 heteroatoms. The van der Waals surface area contributed by atoms with Gasteiger partial charge in [0.15, 0.2) is 0 Å². The van der Waals surface area contributed by atoms with Crippen molar-refractivity contribution in [3.05, 3.63) is 115 Å². The van der Waals surface area contributed by atoms with E-state index in [2.05, 4.69) is 121 Å². The maximum absolute atomic E-state index is 2.38. The van der Waals surface area contributed by atoms with Crippen molar-refractivity contribution >= 4 is 59.3 Å². The van der Waals surface area contributed by atoms with Gasteiger partial charge in [-0.15, -0.1) is 11.3 Å². The minimum absolute atomic E-state index is 1.16. The second-order valence-electron chi connectivity index (χ2n) is 7.92. The molecule has 0 fully saturated rings. The van der Waals surface area contributed by atoms with Crippen molar-refractivity contribution in [1.82, 2.24) is 0 Å². The summed E-state index contributed by atoms with van der Waals surface area (Å²) in [6, 6.07) is 39.4. The number of hydrogen-bond donors (Lipinski definition) is 0. The van der Waals surface area contributed by atoms with Crippen molar-refractivity contribution in [2.75, 3.05) is 4.90 Å². The SMILES string of the molecule is Cc1ccc(N(c2ccccc2)c2cc3c4ccccc4sc3c3ccccc23)cc1. The number of aryl methyl sites for hydroxylation is 1. The average Bonchev–Trinajstić information content (AvgIpc) is 3.20. The van der Waals surface area contributed by atoms with Crippen molar-refractivity contribution in [3.63, 3.8) is 0 Å². The summed E-state index contributed by atoms with van der Waals surface area (Å²) in [6.07, 6.45) is 0. The number of fused-ring (bicyclic) bond motifs is 5. The van der Waals surface area contributed by atoms with Gasteiger partial charge in [0, 0.05) is 42.3 Å². The smallest absolute Gasteiger partial charge is 0.0547 e. The first-order valence-electron chi connectivity index (χ1n) is 10.5. The van der Waals surface area contributed by atoms with Crippen LogP contribution in [0.15, 0.2) is 109 Å². The number of rotatable bonds is 3. The molecule has 0 bridgehead atoms. The van der Waals surface area contributed by atoms with Crippen LogP contribution in [-0.2, 0) is 0 Å². The Morgan fingerprint density at radius 3 is 1.94 bits per heavy atom. The second kappa shape index (κ2) is 7.26. The van der Waals surface area contributed by atoms with Crippen LogP contribution in [-0.4, -0.2) is 0 Å². The van der Waals surface area contributed by atoms with Gasteiger partial charge in [-0.1, -0.05) is 78.4 Å². The van der Waals surface area contributed by atoms with Crippen LogP contribution in [0.1, 0.15) is 5.56 Å². The third kappa shape index (κ3) is 2.99. The Kier molecular flexibility index (Phi) is 4.26. The lowest BCUT2D eigenvalue weighted by Crippen LogP contribution is -2.10. The zero-order valence-corrected chi connectivity index (χ0v) is 18.1.